The van der Waals surface area contributed by atoms with Crippen LogP contribution in [0.4, 0.5) is 0 Å². The molecule has 0 aliphatic rings. The van der Waals surface area contributed by atoms with Gasteiger partial charge in [0.15, 0.2) is 0 Å². The number of aliphatic hydroxyl groups is 1. The fourth-order valence-corrected chi connectivity index (χ4v) is 1.28. The first-order valence-electron chi connectivity index (χ1n) is 4.97. The second-order valence-corrected chi connectivity index (χ2v) is 3.28. The number of aliphatic hydroxyl groups excluding tert-OH is 1. The summed E-state index contributed by atoms with van der Waals surface area (Å²) in [6.07, 6.45) is 2.58. The van der Waals surface area contributed by atoms with Crippen molar-refractivity contribution in [3.63, 3.8) is 0 Å². The number of pyridine rings is 1. The van der Waals surface area contributed by atoms with E-state index >= 15 is 0 Å². The Morgan fingerprint density at radius 2 is 2.29 bits per heavy atom. The molecule has 1 aromatic rings. The molecule has 1 aromatic heterocycles. The molecule has 0 radical (unpaired) electrons. The lowest BCUT2D eigenvalue weighted by Gasteiger charge is -2.09. The molecule has 1 heterocycles. The van der Waals surface area contributed by atoms with Gasteiger partial charge in [0.25, 0.3) is 0 Å². The second kappa shape index (κ2) is 5.60. The van der Waals surface area contributed by atoms with Crippen LogP contribution in [0.5, 0.6) is 5.88 Å². The van der Waals surface area contributed by atoms with E-state index in [2.05, 4.69) is 11.9 Å². The van der Waals surface area contributed by atoms with Crippen molar-refractivity contribution < 1.29 is 9.84 Å². The zero-order chi connectivity index (χ0) is 10.4. The monoisotopic (exact) mass is 195 g/mol. The predicted molar refractivity (Wildman–Crippen MR) is 55.5 cm³/mol. The summed E-state index contributed by atoms with van der Waals surface area (Å²) in [5.74, 6) is 1.01. The van der Waals surface area contributed by atoms with Crippen molar-refractivity contribution in [2.45, 2.75) is 26.2 Å². The summed E-state index contributed by atoms with van der Waals surface area (Å²) in [5, 5.41) is 8.79. The van der Waals surface area contributed by atoms with Crippen LogP contribution >= 0.6 is 0 Å². The fraction of sp³-hybridized carbons (Fsp3) is 0.545. The number of nitrogens with zero attached hydrogens (tertiary/aromatic N) is 1. The number of hydrogen-bond acceptors (Lipinski definition) is 3. The molecule has 3 heteroatoms. The van der Waals surface area contributed by atoms with Crippen molar-refractivity contribution in [3.8, 4) is 5.88 Å². The Morgan fingerprint density at radius 3 is 2.79 bits per heavy atom. The van der Waals surface area contributed by atoms with Gasteiger partial charge in [-0.2, -0.15) is 0 Å². The van der Waals surface area contributed by atoms with Crippen molar-refractivity contribution in [1.29, 1.82) is 0 Å². The van der Waals surface area contributed by atoms with Crippen LogP contribution in [0.1, 0.15) is 31.7 Å². The molecule has 0 aliphatic heterocycles. The van der Waals surface area contributed by atoms with Gasteiger partial charge < -0.3 is 9.84 Å². The molecule has 78 valence electrons. The lowest BCUT2D eigenvalue weighted by atomic mass is 10.0. The van der Waals surface area contributed by atoms with E-state index in [4.69, 9.17) is 9.84 Å². The lowest BCUT2D eigenvalue weighted by molar-refractivity contribution is 0.278. The highest BCUT2D eigenvalue weighted by atomic mass is 16.5. The molecule has 3 nitrogen and oxygen atoms in total. The standard InChI is InChI=1S/C11H17NO2/c1-3-14-11-5-4-10(8-12-11)9(2)6-7-13/h4-5,8-9,13H,3,6-7H2,1-2H3/t9-/m1/s1. The minimum atomic E-state index is 0.217. The Labute approximate surface area is 84.7 Å². The molecule has 1 N–H and O–H groups in total. The first-order chi connectivity index (χ1) is 6.77. The van der Waals surface area contributed by atoms with E-state index in [9.17, 15) is 0 Å². The van der Waals surface area contributed by atoms with Crippen LogP contribution in [0.3, 0.4) is 0 Å². The summed E-state index contributed by atoms with van der Waals surface area (Å²) < 4.78 is 5.24. The molecule has 0 spiro atoms. The van der Waals surface area contributed by atoms with Gasteiger partial charge in [0.1, 0.15) is 0 Å². The molecule has 0 fully saturated rings. The minimum Gasteiger partial charge on any atom is -0.478 e. The van der Waals surface area contributed by atoms with Crippen LogP contribution in [0.25, 0.3) is 0 Å². The number of aromatic nitrogens is 1. The molecule has 0 aliphatic carbocycles. The zero-order valence-corrected chi connectivity index (χ0v) is 8.73. The van der Waals surface area contributed by atoms with Crippen LogP contribution in [0, 0.1) is 0 Å². The third-order valence-electron chi connectivity index (χ3n) is 2.18. The predicted octanol–water partition coefficient (Wildman–Crippen LogP) is 1.97. The smallest absolute Gasteiger partial charge is 0.213 e. The first-order valence-corrected chi connectivity index (χ1v) is 4.97. The van der Waals surface area contributed by atoms with E-state index in [-0.39, 0.29) is 6.61 Å². The van der Waals surface area contributed by atoms with E-state index in [0.717, 1.165) is 12.0 Å². The van der Waals surface area contributed by atoms with E-state index in [1.54, 1.807) is 0 Å². The maximum Gasteiger partial charge on any atom is 0.213 e. The van der Waals surface area contributed by atoms with Crippen LogP contribution in [0.2, 0.25) is 0 Å². The summed E-state index contributed by atoms with van der Waals surface area (Å²) in [5.41, 5.74) is 1.14. The highest BCUT2D eigenvalue weighted by molar-refractivity contribution is 5.20. The molecule has 1 atom stereocenters. The maximum atomic E-state index is 8.79. The van der Waals surface area contributed by atoms with Gasteiger partial charge in [0.05, 0.1) is 6.61 Å². The Bertz CT molecular complexity index is 258. The summed E-state index contributed by atoms with van der Waals surface area (Å²) in [7, 11) is 0. The molecule has 14 heavy (non-hydrogen) atoms. The van der Waals surface area contributed by atoms with Crippen LogP contribution < -0.4 is 4.74 Å². The number of ether oxygens (including phenoxy) is 1. The van der Waals surface area contributed by atoms with Crippen molar-refractivity contribution >= 4 is 0 Å². The summed E-state index contributed by atoms with van der Waals surface area (Å²) >= 11 is 0. The third kappa shape index (κ3) is 3.00. The van der Waals surface area contributed by atoms with Gasteiger partial charge in [-0.1, -0.05) is 13.0 Å². The van der Waals surface area contributed by atoms with Gasteiger partial charge in [-0.25, -0.2) is 4.98 Å². The molecule has 0 saturated heterocycles. The van der Waals surface area contributed by atoms with Crippen LogP contribution in [-0.4, -0.2) is 23.3 Å². The highest BCUT2D eigenvalue weighted by Gasteiger charge is 2.05. The average molecular weight is 195 g/mol. The molecular weight excluding hydrogens is 178 g/mol. The van der Waals surface area contributed by atoms with Gasteiger partial charge in [-0.3, -0.25) is 0 Å². The van der Waals surface area contributed by atoms with Crippen molar-refractivity contribution in [2.24, 2.45) is 0 Å². The van der Waals surface area contributed by atoms with Crippen LogP contribution in [-0.2, 0) is 0 Å². The largest absolute Gasteiger partial charge is 0.478 e. The Morgan fingerprint density at radius 1 is 1.50 bits per heavy atom. The summed E-state index contributed by atoms with van der Waals surface area (Å²) in [6.45, 7) is 4.87. The minimum absolute atomic E-state index is 0.217. The summed E-state index contributed by atoms with van der Waals surface area (Å²) in [6, 6.07) is 3.87. The number of hydrogen-bond donors (Lipinski definition) is 1. The molecule has 0 saturated carbocycles. The molecule has 0 aromatic carbocycles. The normalized spacial score (nSPS) is 12.5. The molecule has 0 amide bonds. The highest BCUT2D eigenvalue weighted by Crippen LogP contribution is 2.19. The molecule has 0 unspecified atom stereocenters. The van der Waals surface area contributed by atoms with E-state index in [1.165, 1.54) is 0 Å². The number of rotatable bonds is 5. The quantitative estimate of drug-likeness (QED) is 0.781. The average Bonchev–Trinajstić information content (AvgIpc) is 2.20. The third-order valence-corrected chi connectivity index (χ3v) is 2.18. The van der Waals surface area contributed by atoms with Gasteiger partial charge in [0.2, 0.25) is 5.88 Å². The van der Waals surface area contributed by atoms with Gasteiger partial charge >= 0.3 is 0 Å². The Balaban J connectivity index is 2.62. The first kappa shape index (κ1) is 11.0. The second-order valence-electron chi connectivity index (χ2n) is 3.28. The van der Waals surface area contributed by atoms with E-state index in [1.807, 2.05) is 25.3 Å². The van der Waals surface area contributed by atoms with Gasteiger partial charge in [-0.15, -0.1) is 0 Å². The van der Waals surface area contributed by atoms with Crippen molar-refractivity contribution in [2.75, 3.05) is 13.2 Å². The summed E-state index contributed by atoms with van der Waals surface area (Å²) in [4.78, 5) is 4.17. The van der Waals surface area contributed by atoms with Crippen molar-refractivity contribution in [3.05, 3.63) is 23.9 Å². The van der Waals surface area contributed by atoms with Gasteiger partial charge in [-0.05, 0) is 24.8 Å². The zero-order valence-electron chi connectivity index (χ0n) is 8.73. The molecule has 1 rings (SSSR count). The molecular formula is C11H17NO2. The van der Waals surface area contributed by atoms with Crippen molar-refractivity contribution in [1.82, 2.24) is 4.98 Å². The topological polar surface area (TPSA) is 42.4 Å². The van der Waals surface area contributed by atoms with E-state index < -0.39 is 0 Å². The molecule has 0 bridgehead atoms. The lowest BCUT2D eigenvalue weighted by Crippen LogP contribution is -1.99. The van der Waals surface area contributed by atoms with Crippen LogP contribution in [0.15, 0.2) is 18.3 Å². The Hall–Kier alpha value is -1.09. The van der Waals surface area contributed by atoms with Gasteiger partial charge in [0, 0.05) is 18.9 Å². The maximum absolute atomic E-state index is 8.79. The Kier molecular flexibility index (Phi) is 4.40. The fourth-order valence-electron chi connectivity index (χ4n) is 1.28. The SMILES string of the molecule is CCOc1ccc([C@H](C)CCO)cn1. The van der Waals surface area contributed by atoms with E-state index in [0.29, 0.717) is 18.4 Å².